The monoisotopic (exact) mass is 492 g/mol. The molecule has 1 aliphatic heterocycles. The number of nitrogens with zero attached hydrogens (tertiary/aromatic N) is 5. The molecule has 34 heavy (non-hydrogen) atoms. The summed E-state index contributed by atoms with van der Waals surface area (Å²) in [6.07, 6.45) is 6.17. The Labute approximate surface area is 207 Å². The molecule has 1 amide bonds. The summed E-state index contributed by atoms with van der Waals surface area (Å²) in [5.41, 5.74) is 2.21. The van der Waals surface area contributed by atoms with Crippen LogP contribution in [0.15, 0.2) is 42.7 Å². The Balaban J connectivity index is 1.56. The molecular formula is C25H25ClN6OS. The molecule has 1 saturated heterocycles. The Hall–Kier alpha value is -2.94. The van der Waals surface area contributed by atoms with Crippen LogP contribution >= 0.6 is 22.9 Å². The molecule has 0 saturated carbocycles. The Bertz CT molecular complexity index is 1330. The van der Waals surface area contributed by atoms with Crippen molar-refractivity contribution in [3.05, 3.63) is 64.0 Å². The van der Waals surface area contributed by atoms with Gasteiger partial charge >= 0.3 is 0 Å². The highest BCUT2D eigenvalue weighted by Gasteiger charge is 2.31. The molecule has 3 aromatic heterocycles. The number of carbonyl (C=O) groups is 1. The number of aromatic nitrogens is 4. The van der Waals surface area contributed by atoms with Crippen LogP contribution in [-0.4, -0.2) is 45.2 Å². The number of aryl methyl sites for hydroxylation is 2. The average Bonchev–Trinajstić information content (AvgIpc) is 3.34. The minimum atomic E-state index is -0.166. The van der Waals surface area contributed by atoms with Gasteiger partial charge in [-0.2, -0.15) is 0 Å². The highest BCUT2D eigenvalue weighted by atomic mass is 35.5. The summed E-state index contributed by atoms with van der Waals surface area (Å²) in [5.74, 6) is 0.481. The number of benzene rings is 1. The number of fused-ring (bicyclic) bond motifs is 1. The van der Waals surface area contributed by atoms with E-state index < -0.39 is 0 Å². The molecule has 1 N–H and O–H groups in total. The van der Waals surface area contributed by atoms with Crippen LogP contribution in [0.3, 0.4) is 0 Å². The molecule has 1 aromatic carbocycles. The van der Waals surface area contributed by atoms with E-state index in [1.54, 1.807) is 29.8 Å². The van der Waals surface area contributed by atoms with Gasteiger partial charge in [-0.15, -0.1) is 10.2 Å². The second-order valence-corrected chi connectivity index (χ2v) is 9.92. The minimum absolute atomic E-state index is 0.0221. The number of nitrogens with one attached hydrogen (secondary N) is 1. The zero-order valence-corrected chi connectivity index (χ0v) is 20.7. The van der Waals surface area contributed by atoms with Crippen LogP contribution in [0, 0.1) is 6.92 Å². The van der Waals surface area contributed by atoms with Crippen LogP contribution < -0.4 is 10.2 Å². The topological polar surface area (TPSA) is 83.9 Å². The fraction of sp³-hybridized carbons (Fsp3) is 0.320. The van der Waals surface area contributed by atoms with Crippen LogP contribution in [0.5, 0.6) is 0 Å². The number of hydrogen-bond donors (Lipinski definition) is 1. The first-order chi connectivity index (χ1) is 16.5. The smallest absolute Gasteiger partial charge is 0.278 e. The van der Waals surface area contributed by atoms with Gasteiger partial charge in [0.15, 0.2) is 0 Å². The van der Waals surface area contributed by atoms with Crippen molar-refractivity contribution in [1.82, 2.24) is 25.5 Å². The highest BCUT2D eigenvalue weighted by Crippen LogP contribution is 2.33. The zero-order chi connectivity index (χ0) is 23.7. The number of amides is 1. The van der Waals surface area contributed by atoms with Gasteiger partial charge in [0.2, 0.25) is 0 Å². The Morgan fingerprint density at radius 1 is 1.24 bits per heavy atom. The lowest BCUT2D eigenvalue weighted by molar-refractivity contribution is 0.0967. The van der Waals surface area contributed by atoms with E-state index in [2.05, 4.69) is 32.4 Å². The Morgan fingerprint density at radius 3 is 2.82 bits per heavy atom. The summed E-state index contributed by atoms with van der Waals surface area (Å²) in [7, 11) is 0. The highest BCUT2D eigenvalue weighted by molar-refractivity contribution is 7.14. The van der Waals surface area contributed by atoms with E-state index in [1.165, 1.54) is 0 Å². The van der Waals surface area contributed by atoms with Crippen LogP contribution in [0.2, 0.25) is 5.02 Å². The third kappa shape index (κ3) is 4.41. The molecule has 0 unspecified atom stereocenters. The molecule has 1 fully saturated rings. The molecule has 5 rings (SSSR count). The Kier molecular flexibility index (Phi) is 6.54. The Morgan fingerprint density at radius 2 is 2.12 bits per heavy atom. The standard InChI is InChI=1S/C25H25ClN6OS/c1-3-21-30-31-24(34-21)17-6-7-20(29-13-17)25(33)32(19-5-4-9-27-14-19)23-22-15(2)11-18(26)12-16(22)8-10-28-23/h6-8,10-13,19,27H,3-5,9,14H2,1-2H3/t19-/m1/s1. The molecule has 174 valence electrons. The third-order valence-electron chi connectivity index (χ3n) is 6.09. The quantitative estimate of drug-likeness (QED) is 0.418. The van der Waals surface area contributed by atoms with Gasteiger partial charge in [0.1, 0.15) is 21.5 Å². The maximum absolute atomic E-state index is 13.9. The maximum Gasteiger partial charge on any atom is 0.278 e. The second-order valence-electron chi connectivity index (χ2n) is 8.42. The van der Waals surface area contributed by atoms with Crippen molar-refractivity contribution in [3.8, 4) is 10.6 Å². The largest absolute Gasteiger partial charge is 0.315 e. The van der Waals surface area contributed by atoms with Crippen molar-refractivity contribution in [1.29, 1.82) is 0 Å². The SMILES string of the molecule is CCc1nnc(-c2ccc(C(=O)N(c3nccc4cc(Cl)cc(C)c34)[C@@H]3CCCNC3)nc2)s1. The van der Waals surface area contributed by atoms with Gasteiger partial charge in [-0.3, -0.25) is 14.7 Å². The molecule has 9 heteroatoms. The number of hydrogen-bond acceptors (Lipinski definition) is 7. The number of piperidine rings is 1. The lowest BCUT2D eigenvalue weighted by Crippen LogP contribution is -2.49. The molecule has 1 aliphatic rings. The van der Waals surface area contributed by atoms with Gasteiger partial charge in [0.05, 0.1) is 6.04 Å². The van der Waals surface area contributed by atoms with Crippen molar-refractivity contribution in [2.45, 2.75) is 39.2 Å². The van der Waals surface area contributed by atoms with Crippen LogP contribution in [0.25, 0.3) is 21.3 Å². The number of carbonyl (C=O) groups excluding carboxylic acids is 1. The normalized spacial score (nSPS) is 16.0. The van der Waals surface area contributed by atoms with E-state index in [4.69, 9.17) is 11.6 Å². The summed E-state index contributed by atoms with van der Waals surface area (Å²) in [5, 5.41) is 16.2. The van der Waals surface area contributed by atoms with Gasteiger partial charge in [0.25, 0.3) is 5.91 Å². The summed E-state index contributed by atoms with van der Waals surface area (Å²) in [4.78, 5) is 24.9. The number of rotatable bonds is 5. The van der Waals surface area contributed by atoms with E-state index >= 15 is 0 Å². The van der Waals surface area contributed by atoms with E-state index in [0.717, 1.165) is 57.7 Å². The summed E-state index contributed by atoms with van der Waals surface area (Å²) < 4.78 is 0. The van der Waals surface area contributed by atoms with Crippen LogP contribution in [-0.2, 0) is 6.42 Å². The second kappa shape index (κ2) is 9.74. The predicted octanol–water partition coefficient (Wildman–Crippen LogP) is 5.07. The van der Waals surface area contributed by atoms with Crippen molar-refractivity contribution in [2.24, 2.45) is 0 Å². The van der Waals surface area contributed by atoms with Gasteiger partial charge in [-0.1, -0.05) is 29.9 Å². The van der Waals surface area contributed by atoms with E-state index in [0.29, 0.717) is 23.1 Å². The van der Waals surface area contributed by atoms with E-state index in [-0.39, 0.29) is 11.9 Å². The van der Waals surface area contributed by atoms with Crippen molar-refractivity contribution < 1.29 is 4.79 Å². The van der Waals surface area contributed by atoms with Gasteiger partial charge < -0.3 is 5.32 Å². The van der Waals surface area contributed by atoms with Crippen LogP contribution in [0.1, 0.15) is 40.8 Å². The first-order valence-corrected chi connectivity index (χ1v) is 12.6. The summed E-state index contributed by atoms with van der Waals surface area (Å²) >= 11 is 7.85. The van der Waals surface area contributed by atoms with E-state index in [1.807, 2.05) is 36.1 Å². The third-order valence-corrected chi connectivity index (χ3v) is 7.42. The van der Waals surface area contributed by atoms with Crippen molar-refractivity contribution in [3.63, 3.8) is 0 Å². The molecule has 0 spiro atoms. The number of halogens is 1. The van der Waals surface area contributed by atoms with E-state index in [9.17, 15) is 4.79 Å². The number of pyridine rings is 2. The number of anilines is 1. The lowest BCUT2D eigenvalue weighted by Gasteiger charge is -2.34. The van der Waals surface area contributed by atoms with Gasteiger partial charge in [-0.05, 0) is 74.0 Å². The zero-order valence-electron chi connectivity index (χ0n) is 19.1. The van der Waals surface area contributed by atoms with Gasteiger partial charge in [0, 0.05) is 34.9 Å². The lowest BCUT2D eigenvalue weighted by atomic mass is 10.0. The molecule has 1 atom stereocenters. The van der Waals surface area contributed by atoms with Crippen molar-refractivity contribution in [2.75, 3.05) is 18.0 Å². The molecule has 0 aliphatic carbocycles. The molecule has 0 radical (unpaired) electrons. The average molecular weight is 493 g/mol. The molecule has 4 heterocycles. The molecule has 4 aromatic rings. The maximum atomic E-state index is 13.9. The minimum Gasteiger partial charge on any atom is -0.315 e. The summed E-state index contributed by atoms with van der Waals surface area (Å²) in [6, 6.07) is 9.39. The fourth-order valence-corrected chi connectivity index (χ4v) is 5.46. The fourth-order valence-electron chi connectivity index (χ4n) is 4.41. The molecule has 0 bridgehead atoms. The van der Waals surface area contributed by atoms with Gasteiger partial charge in [-0.25, -0.2) is 4.98 Å². The van der Waals surface area contributed by atoms with Crippen LogP contribution in [0.4, 0.5) is 5.82 Å². The molecule has 7 nitrogen and oxygen atoms in total. The first kappa shape index (κ1) is 22.8. The first-order valence-electron chi connectivity index (χ1n) is 11.4. The predicted molar refractivity (Wildman–Crippen MR) is 137 cm³/mol. The molecular weight excluding hydrogens is 468 g/mol. The summed E-state index contributed by atoms with van der Waals surface area (Å²) in [6.45, 7) is 5.71. The van der Waals surface area contributed by atoms with Crippen molar-refractivity contribution >= 4 is 45.4 Å².